The van der Waals surface area contributed by atoms with Gasteiger partial charge < -0.3 is 29.6 Å². The molecule has 1 aromatic carbocycles. The van der Waals surface area contributed by atoms with Gasteiger partial charge in [-0.2, -0.15) is 28.4 Å². The van der Waals surface area contributed by atoms with Crippen LogP contribution in [0.2, 0.25) is 0 Å². The smallest absolute Gasteiger partial charge is 0.418 e. The summed E-state index contributed by atoms with van der Waals surface area (Å²) in [5, 5.41) is 10.2. The summed E-state index contributed by atoms with van der Waals surface area (Å²) >= 11 is 0. The first-order chi connectivity index (χ1) is 22.4. The Morgan fingerprint density at radius 3 is 2.68 bits per heavy atom. The second-order valence-corrected chi connectivity index (χ2v) is 11.9. The normalized spacial score (nSPS) is 19.0. The van der Waals surface area contributed by atoms with E-state index in [1.165, 1.54) is 36.3 Å². The first kappa shape index (κ1) is 32.0. The topological polar surface area (TPSA) is 138 Å². The fourth-order valence-corrected chi connectivity index (χ4v) is 6.55. The lowest BCUT2D eigenvalue weighted by molar-refractivity contribution is -0.137. The first-order valence-electron chi connectivity index (χ1n) is 15.0. The van der Waals surface area contributed by atoms with Crippen LogP contribution < -0.4 is 15.4 Å². The molecular formula is C32H32F4N8O3. The summed E-state index contributed by atoms with van der Waals surface area (Å²) in [5.74, 6) is -1.78. The molecule has 0 radical (unpaired) electrons. The Bertz CT molecular complexity index is 1920. The number of nitrogens with two attached hydrogens (primary N) is 1. The van der Waals surface area contributed by atoms with Crippen LogP contribution in [0, 0.1) is 18.3 Å². The molecule has 47 heavy (non-hydrogen) atoms. The number of aryl methyl sites for hydroxylation is 1. The van der Waals surface area contributed by atoms with Crippen molar-refractivity contribution in [2.75, 3.05) is 50.5 Å². The van der Waals surface area contributed by atoms with Crippen molar-refractivity contribution in [3.8, 4) is 23.3 Å². The summed E-state index contributed by atoms with van der Waals surface area (Å²) in [7, 11) is 1.99. The molecule has 2 unspecified atom stereocenters. The molecule has 0 bridgehead atoms. The number of fused-ring (bicyclic) bond motifs is 3. The average molecular weight is 653 g/mol. The molecule has 2 aliphatic rings. The molecule has 2 atom stereocenters. The van der Waals surface area contributed by atoms with E-state index in [-0.39, 0.29) is 78.5 Å². The third-order valence-corrected chi connectivity index (χ3v) is 8.81. The zero-order valence-electron chi connectivity index (χ0n) is 25.8. The molecule has 2 fully saturated rings. The van der Waals surface area contributed by atoms with Crippen LogP contribution in [0.3, 0.4) is 0 Å². The highest BCUT2D eigenvalue weighted by molar-refractivity contribution is 6.14. The van der Waals surface area contributed by atoms with E-state index in [0.29, 0.717) is 16.6 Å². The second kappa shape index (κ2) is 12.3. The molecule has 2 N–H and O–H groups in total. The average Bonchev–Trinajstić information content (AvgIpc) is 3.67. The fourth-order valence-electron chi connectivity index (χ4n) is 6.55. The van der Waals surface area contributed by atoms with E-state index in [9.17, 15) is 27.6 Å². The van der Waals surface area contributed by atoms with Crippen molar-refractivity contribution < 1.29 is 31.5 Å². The number of carbonyl (C=O) groups is 1. The molecule has 3 aromatic heterocycles. The van der Waals surface area contributed by atoms with E-state index >= 15 is 0 Å². The van der Waals surface area contributed by atoms with Crippen LogP contribution in [0.5, 0.6) is 6.01 Å². The molecule has 11 nitrogen and oxygen atoms in total. The number of pyridine rings is 1. The van der Waals surface area contributed by atoms with Crippen LogP contribution in [0.25, 0.3) is 33.1 Å². The Balaban J connectivity index is 1.54. The number of likely N-dealkylation sites (tertiary alicyclic amines) is 1. The van der Waals surface area contributed by atoms with Gasteiger partial charge in [-0.25, -0.2) is 9.37 Å². The van der Waals surface area contributed by atoms with E-state index in [0.717, 1.165) is 19.4 Å². The van der Waals surface area contributed by atoms with Crippen molar-refractivity contribution in [3.05, 3.63) is 48.0 Å². The monoisotopic (exact) mass is 652 g/mol. The van der Waals surface area contributed by atoms with Gasteiger partial charge in [-0.3, -0.25) is 4.79 Å². The molecule has 4 aromatic rings. The number of nitrogen functional groups attached to an aromatic ring is 1. The van der Waals surface area contributed by atoms with Gasteiger partial charge in [0, 0.05) is 36.6 Å². The van der Waals surface area contributed by atoms with Crippen LogP contribution in [0.1, 0.15) is 30.4 Å². The third kappa shape index (κ3) is 6.00. The lowest BCUT2D eigenvalue weighted by Gasteiger charge is -2.41. The predicted molar refractivity (Wildman–Crippen MR) is 166 cm³/mol. The number of nitrogens with zero attached hydrogens (tertiary/aromatic N) is 7. The van der Waals surface area contributed by atoms with Gasteiger partial charge in [0.1, 0.15) is 23.8 Å². The van der Waals surface area contributed by atoms with E-state index in [4.69, 9.17) is 19.9 Å². The van der Waals surface area contributed by atoms with Crippen molar-refractivity contribution in [1.82, 2.24) is 24.8 Å². The van der Waals surface area contributed by atoms with Gasteiger partial charge in [-0.15, -0.1) is 0 Å². The molecule has 0 saturated carbocycles. The number of furan rings is 1. The number of amides is 1. The summed E-state index contributed by atoms with van der Waals surface area (Å²) in [4.78, 5) is 31.3. The number of hydrogen-bond acceptors (Lipinski definition) is 10. The number of ether oxygens (including phenoxy) is 1. The van der Waals surface area contributed by atoms with Gasteiger partial charge in [0.15, 0.2) is 5.83 Å². The minimum absolute atomic E-state index is 0.00936. The summed E-state index contributed by atoms with van der Waals surface area (Å²) in [5.41, 5.74) is 5.10. The standard InChI is InChI=1S/C32H32F4N8O3/c1-17-13-24(38)40-27(26(17)32(34,35)36)22-14-23-25(28-21(22)7-12-46-28)29(41-31(39-23)47-16-20-5-4-9-42(20)3)43-10-11-44(30(45)18(2)33)19(15-43)6-8-37/h7,12-14,19-20H,2,4-6,9-11,15-16H2,1,3H3,(H2,38,40). The number of aromatic nitrogens is 3. The number of benzene rings is 1. The first-order valence-corrected chi connectivity index (χ1v) is 15.0. The Morgan fingerprint density at radius 2 is 2.00 bits per heavy atom. The quantitative estimate of drug-likeness (QED) is 0.209. The Kier molecular flexibility index (Phi) is 8.39. The van der Waals surface area contributed by atoms with Crippen LogP contribution in [-0.2, 0) is 11.0 Å². The van der Waals surface area contributed by atoms with Crippen molar-refractivity contribution in [2.45, 2.75) is 44.4 Å². The van der Waals surface area contributed by atoms with Crippen LogP contribution in [0.4, 0.5) is 29.2 Å². The SMILES string of the molecule is C=C(F)C(=O)N1CCN(c2nc(OCC3CCCN3C)nc3cc(-c4nc(N)cc(C)c4C(F)(F)F)c4ccoc4c23)CC1CC#N. The molecule has 2 aliphatic heterocycles. The Labute approximate surface area is 267 Å². The van der Waals surface area contributed by atoms with Gasteiger partial charge >= 0.3 is 12.2 Å². The number of anilines is 2. The van der Waals surface area contributed by atoms with Gasteiger partial charge in [-0.1, -0.05) is 6.58 Å². The molecule has 15 heteroatoms. The van der Waals surface area contributed by atoms with Crippen molar-refractivity contribution in [1.29, 1.82) is 5.26 Å². The van der Waals surface area contributed by atoms with E-state index in [1.54, 1.807) is 0 Å². The number of alkyl halides is 3. The molecule has 0 spiro atoms. The van der Waals surface area contributed by atoms with Gasteiger partial charge in [-0.05, 0) is 57.1 Å². The number of likely N-dealkylation sites (N-methyl/N-ethyl adjacent to an activating group) is 1. The zero-order valence-corrected chi connectivity index (χ0v) is 25.8. The maximum atomic E-state index is 14.4. The molecule has 6 rings (SSSR count). The lowest BCUT2D eigenvalue weighted by atomic mass is 9.96. The fraction of sp³-hybridized carbons (Fsp3) is 0.406. The summed E-state index contributed by atoms with van der Waals surface area (Å²) in [6.45, 7) is 5.99. The lowest BCUT2D eigenvalue weighted by Crippen LogP contribution is -2.55. The number of halogens is 4. The van der Waals surface area contributed by atoms with Crippen molar-refractivity contribution >= 4 is 39.4 Å². The van der Waals surface area contributed by atoms with Crippen LogP contribution in [-0.4, -0.2) is 82.6 Å². The maximum Gasteiger partial charge on any atom is 0.418 e. The number of carbonyl (C=O) groups excluding carboxylic acids is 1. The number of hydrogen-bond donors (Lipinski definition) is 1. The zero-order chi connectivity index (χ0) is 33.6. The molecule has 0 aliphatic carbocycles. The summed E-state index contributed by atoms with van der Waals surface area (Å²) in [6, 6.07) is 5.67. The molecule has 1 amide bonds. The highest BCUT2D eigenvalue weighted by atomic mass is 19.4. The van der Waals surface area contributed by atoms with Crippen molar-refractivity contribution in [3.63, 3.8) is 0 Å². The highest BCUT2D eigenvalue weighted by Crippen LogP contribution is 2.44. The summed E-state index contributed by atoms with van der Waals surface area (Å²) in [6.07, 6.45) is -1.54. The van der Waals surface area contributed by atoms with Crippen LogP contribution >= 0.6 is 0 Å². The largest absolute Gasteiger partial charge is 0.463 e. The Morgan fingerprint density at radius 1 is 1.21 bits per heavy atom. The van der Waals surface area contributed by atoms with Gasteiger partial charge in [0.2, 0.25) is 0 Å². The van der Waals surface area contributed by atoms with Crippen molar-refractivity contribution in [2.24, 2.45) is 0 Å². The number of piperazine rings is 1. The highest BCUT2D eigenvalue weighted by Gasteiger charge is 2.38. The van der Waals surface area contributed by atoms with Gasteiger partial charge in [0.25, 0.3) is 5.91 Å². The molecule has 246 valence electrons. The Hall–Kier alpha value is -4.97. The van der Waals surface area contributed by atoms with Gasteiger partial charge in [0.05, 0.1) is 47.0 Å². The molecule has 5 heterocycles. The molecular weight excluding hydrogens is 620 g/mol. The van der Waals surface area contributed by atoms with Crippen LogP contribution in [0.15, 0.2) is 41.3 Å². The van der Waals surface area contributed by atoms with E-state index in [1.807, 2.05) is 11.9 Å². The predicted octanol–water partition coefficient (Wildman–Crippen LogP) is 5.23. The van der Waals surface area contributed by atoms with E-state index < -0.39 is 29.5 Å². The maximum absolute atomic E-state index is 14.4. The third-order valence-electron chi connectivity index (χ3n) is 8.81. The minimum atomic E-state index is -4.73. The second-order valence-electron chi connectivity index (χ2n) is 11.9. The summed E-state index contributed by atoms with van der Waals surface area (Å²) < 4.78 is 69.1. The minimum Gasteiger partial charge on any atom is -0.463 e. The number of nitriles is 1. The number of rotatable bonds is 7. The molecule has 2 saturated heterocycles. The van der Waals surface area contributed by atoms with E-state index in [2.05, 4.69) is 27.5 Å².